The molecule has 22 heavy (non-hydrogen) atoms. The third kappa shape index (κ3) is 2.01. The number of carbonyl (C=O) groups excluding carboxylic acids is 2. The summed E-state index contributed by atoms with van der Waals surface area (Å²) < 4.78 is 11.8. The number of rotatable bonds is 1. The van der Waals surface area contributed by atoms with E-state index in [9.17, 15) is 9.59 Å². The standard InChI is InChI=1S/C17H25NO4/c1-9-15-16(22-17(9)20)14(10(2)21-15)11-5-3-4-8-18-12(11)6-7-13(18)19/h9-12,14-16H,3-8H2,1-2H3/t9-,10+,11-,12+,14+,15-,16+/m0/s1. The molecule has 4 saturated heterocycles. The summed E-state index contributed by atoms with van der Waals surface area (Å²) in [6, 6.07) is 0.319. The Kier molecular flexibility index (Phi) is 3.44. The number of ether oxygens (including phenoxy) is 2. The molecule has 0 radical (unpaired) electrons. The van der Waals surface area contributed by atoms with E-state index in [1.807, 2.05) is 6.92 Å². The molecule has 0 aromatic heterocycles. The third-order valence-electron chi connectivity index (χ3n) is 6.28. The Labute approximate surface area is 131 Å². The van der Waals surface area contributed by atoms with Gasteiger partial charge in [0, 0.05) is 24.9 Å². The molecule has 4 rings (SSSR count). The molecule has 5 nitrogen and oxygen atoms in total. The van der Waals surface area contributed by atoms with E-state index in [4.69, 9.17) is 9.47 Å². The van der Waals surface area contributed by atoms with Crippen LogP contribution < -0.4 is 0 Å². The van der Waals surface area contributed by atoms with Crippen molar-refractivity contribution in [2.24, 2.45) is 17.8 Å². The fourth-order valence-corrected chi connectivity index (χ4v) is 5.21. The number of fused-ring (bicyclic) bond motifs is 2. The molecule has 0 aromatic carbocycles. The van der Waals surface area contributed by atoms with Crippen molar-refractivity contribution in [1.29, 1.82) is 0 Å². The van der Waals surface area contributed by atoms with Crippen LogP contribution in [0.25, 0.3) is 0 Å². The van der Waals surface area contributed by atoms with Gasteiger partial charge in [-0.2, -0.15) is 0 Å². The van der Waals surface area contributed by atoms with E-state index < -0.39 is 0 Å². The number of hydrogen-bond donors (Lipinski definition) is 0. The maximum atomic E-state index is 12.1. The van der Waals surface area contributed by atoms with Crippen molar-refractivity contribution in [3.05, 3.63) is 0 Å². The van der Waals surface area contributed by atoms with Crippen LogP contribution in [-0.2, 0) is 19.1 Å². The molecular formula is C17H25NO4. The monoisotopic (exact) mass is 307 g/mol. The van der Waals surface area contributed by atoms with Crippen molar-refractivity contribution < 1.29 is 19.1 Å². The molecule has 0 unspecified atom stereocenters. The van der Waals surface area contributed by atoms with Gasteiger partial charge in [0.15, 0.2) is 0 Å². The first-order valence-corrected chi connectivity index (χ1v) is 8.73. The lowest BCUT2D eigenvalue weighted by Crippen LogP contribution is -2.44. The number of esters is 1. The summed E-state index contributed by atoms with van der Waals surface area (Å²) >= 11 is 0. The second-order valence-electron chi connectivity index (χ2n) is 7.43. The highest BCUT2D eigenvalue weighted by Crippen LogP contribution is 2.47. The van der Waals surface area contributed by atoms with Gasteiger partial charge in [0.2, 0.25) is 5.91 Å². The summed E-state index contributed by atoms with van der Waals surface area (Å²) in [5.74, 6) is 0.647. The Bertz CT molecular complexity index is 493. The minimum absolute atomic E-state index is 0.0960. The SMILES string of the molecule is C[C@@H]1C(=O)O[C@H]2[C@H]1O[C@H](C)[C@@H]2[C@H]1CCCCN2C(=O)CC[C@H]12. The van der Waals surface area contributed by atoms with Crippen LogP contribution in [0, 0.1) is 17.8 Å². The van der Waals surface area contributed by atoms with E-state index >= 15 is 0 Å². The third-order valence-corrected chi connectivity index (χ3v) is 6.28. The molecule has 4 fully saturated rings. The van der Waals surface area contributed by atoms with Crippen molar-refractivity contribution >= 4 is 11.9 Å². The lowest BCUT2D eigenvalue weighted by atomic mass is 9.76. The quantitative estimate of drug-likeness (QED) is 0.693. The van der Waals surface area contributed by atoms with E-state index in [-0.39, 0.29) is 36.1 Å². The minimum Gasteiger partial charge on any atom is -0.459 e. The molecule has 4 aliphatic rings. The Hall–Kier alpha value is -1.10. The Balaban J connectivity index is 1.62. The summed E-state index contributed by atoms with van der Waals surface area (Å²) in [6.45, 7) is 4.91. The van der Waals surface area contributed by atoms with Gasteiger partial charge in [-0.3, -0.25) is 9.59 Å². The number of amides is 1. The summed E-state index contributed by atoms with van der Waals surface area (Å²) in [5, 5.41) is 0. The van der Waals surface area contributed by atoms with Gasteiger partial charge in [-0.15, -0.1) is 0 Å². The second kappa shape index (κ2) is 5.22. The van der Waals surface area contributed by atoms with Gasteiger partial charge >= 0.3 is 5.97 Å². The molecule has 4 heterocycles. The lowest BCUT2D eigenvalue weighted by molar-refractivity contribution is -0.147. The van der Waals surface area contributed by atoms with Gasteiger partial charge in [-0.25, -0.2) is 0 Å². The largest absolute Gasteiger partial charge is 0.459 e. The molecule has 5 heteroatoms. The normalized spacial score (nSPS) is 48.1. The smallest absolute Gasteiger partial charge is 0.311 e. The van der Waals surface area contributed by atoms with Crippen LogP contribution in [0.3, 0.4) is 0 Å². The van der Waals surface area contributed by atoms with Crippen LogP contribution in [0.1, 0.15) is 46.0 Å². The maximum Gasteiger partial charge on any atom is 0.311 e. The summed E-state index contributed by atoms with van der Waals surface area (Å²) in [5.41, 5.74) is 0. The predicted octanol–water partition coefficient (Wildman–Crippen LogP) is 1.74. The van der Waals surface area contributed by atoms with E-state index in [0.29, 0.717) is 24.3 Å². The van der Waals surface area contributed by atoms with Crippen LogP contribution in [0.2, 0.25) is 0 Å². The zero-order chi connectivity index (χ0) is 15.4. The fourth-order valence-electron chi connectivity index (χ4n) is 5.21. The van der Waals surface area contributed by atoms with E-state index in [2.05, 4.69) is 11.8 Å². The van der Waals surface area contributed by atoms with E-state index in [1.54, 1.807) is 0 Å². The Morgan fingerprint density at radius 2 is 1.91 bits per heavy atom. The molecule has 0 N–H and O–H groups in total. The Morgan fingerprint density at radius 1 is 1.09 bits per heavy atom. The van der Waals surface area contributed by atoms with Gasteiger partial charge in [0.1, 0.15) is 12.2 Å². The average molecular weight is 307 g/mol. The highest BCUT2D eigenvalue weighted by Gasteiger charge is 2.58. The van der Waals surface area contributed by atoms with Crippen molar-refractivity contribution in [2.45, 2.75) is 70.3 Å². The molecule has 0 aliphatic carbocycles. The van der Waals surface area contributed by atoms with Crippen molar-refractivity contribution in [2.75, 3.05) is 6.54 Å². The zero-order valence-corrected chi connectivity index (χ0v) is 13.4. The molecule has 7 atom stereocenters. The number of carbonyl (C=O) groups is 2. The molecule has 0 spiro atoms. The first-order valence-electron chi connectivity index (χ1n) is 8.73. The second-order valence-corrected chi connectivity index (χ2v) is 7.43. The van der Waals surface area contributed by atoms with Gasteiger partial charge in [0.25, 0.3) is 0 Å². The van der Waals surface area contributed by atoms with Crippen LogP contribution in [-0.4, -0.2) is 47.7 Å². The fraction of sp³-hybridized carbons (Fsp3) is 0.882. The van der Waals surface area contributed by atoms with Gasteiger partial charge < -0.3 is 14.4 Å². The van der Waals surface area contributed by atoms with Gasteiger partial charge in [0.05, 0.1) is 12.0 Å². The molecule has 1 amide bonds. The summed E-state index contributed by atoms with van der Waals surface area (Å²) in [6.07, 6.45) is 4.87. The zero-order valence-electron chi connectivity index (χ0n) is 13.4. The topological polar surface area (TPSA) is 55.8 Å². The van der Waals surface area contributed by atoms with Crippen molar-refractivity contribution in [3.63, 3.8) is 0 Å². The minimum atomic E-state index is -0.162. The highest BCUT2D eigenvalue weighted by atomic mass is 16.6. The first-order chi connectivity index (χ1) is 10.6. The van der Waals surface area contributed by atoms with E-state index in [1.165, 1.54) is 0 Å². The highest BCUT2D eigenvalue weighted by molar-refractivity contribution is 5.79. The van der Waals surface area contributed by atoms with Crippen LogP contribution in [0.5, 0.6) is 0 Å². The van der Waals surface area contributed by atoms with Crippen molar-refractivity contribution in [3.8, 4) is 0 Å². The lowest BCUT2D eigenvalue weighted by Gasteiger charge is -2.35. The van der Waals surface area contributed by atoms with Crippen LogP contribution in [0.15, 0.2) is 0 Å². The molecule has 122 valence electrons. The average Bonchev–Trinajstić information content (AvgIpc) is 3.02. The molecule has 4 aliphatic heterocycles. The predicted molar refractivity (Wildman–Crippen MR) is 78.9 cm³/mol. The van der Waals surface area contributed by atoms with Gasteiger partial charge in [-0.05, 0) is 39.0 Å². The summed E-state index contributed by atoms with van der Waals surface area (Å²) in [7, 11) is 0. The number of nitrogens with zero attached hydrogens (tertiary/aromatic N) is 1. The first kappa shape index (κ1) is 14.5. The number of hydrogen-bond acceptors (Lipinski definition) is 4. The van der Waals surface area contributed by atoms with Gasteiger partial charge in [-0.1, -0.05) is 6.42 Å². The molecule has 0 saturated carbocycles. The molecule has 0 bridgehead atoms. The maximum absolute atomic E-state index is 12.1. The molecular weight excluding hydrogens is 282 g/mol. The van der Waals surface area contributed by atoms with E-state index in [0.717, 1.165) is 32.2 Å². The van der Waals surface area contributed by atoms with Crippen LogP contribution >= 0.6 is 0 Å². The Morgan fingerprint density at radius 3 is 2.73 bits per heavy atom. The summed E-state index contributed by atoms with van der Waals surface area (Å²) in [4.78, 5) is 26.1. The molecule has 0 aromatic rings. The van der Waals surface area contributed by atoms with Crippen molar-refractivity contribution in [1.82, 2.24) is 4.90 Å². The van der Waals surface area contributed by atoms with Crippen LogP contribution in [0.4, 0.5) is 0 Å².